The Balaban J connectivity index is 1.30. The Morgan fingerprint density at radius 1 is 1.04 bits per heavy atom. The van der Waals surface area contributed by atoms with Crippen molar-refractivity contribution in [1.29, 1.82) is 0 Å². The second kappa shape index (κ2) is 6.62. The number of carbonyl (C=O) groups is 1. The topological polar surface area (TPSA) is 62.5 Å². The molecule has 1 spiro atoms. The van der Waals surface area contributed by atoms with E-state index in [1.165, 1.54) is 12.8 Å². The van der Waals surface area contributed by atoms with Gasteiger partial charge in [0.15, 0.2) is 5.65 Å². The Morgan fingerprint density at radius 2 is 1.79 bits per heavy atom. The highest BCUT2D eigenvalue weighted by molar-refractivity contribution is 5.84. The molecule has 144 valence electrons. The summed E-state index contributed by atoms with van der Waals surface area (Å²) in [5, 5.41) is 11.8. The van der Waals surface area contributed by atoms with Gasteiger partial charge in [-0.1, -0.05) is 30.3 Å². The monoisotopic (exact) mass is 375 g/mol. The molecule has 1 saturated heterocycles. The lowest BCUT2D eigenvalue weighted by Crippen LogP contribution is -2.46. The number of fused-ring (bicyclic) bond motifs is 1. The van der Waals surface area contributed by atoms with Gasteiger partial charge in [-0.15, -0.1) is 10.2 Å². The Hall–Kier alpha value is -2.89. The molecule has 28 heavy (non-hydrogen) atoms. The minimum Gasteiger partial charge on any atom is -0.342 e. The van der Waals surface area contributed by atoms with Crippen LogP contribution in [-0.4, -0.2) is 44.5 Å². The molecule has 0 bridgehead atoms. The molecule has 2 fully saturated rings. The zero-order chi connectivity index (χ0) is 19.1. The molecule has 3 heterocycles. The molecular formula is C22H25N5O. The van der Waals surface area contributed by atoms with Crippen molar-refractivity contribution in [1.82, 2.24) is 19.5 Å². The van der Waals surface area contributed by atoms with E-state index >= 15 is 0 Å². The van der Waals surface area contributed by atoms with Crippen LogP contribution in [-0.2, 0) is 4.79 Å². The summed E-state index contributed by atoms with van der Waals surface area (Å²) in [5.41, 5.74) is 3.58. The summed E-state index contributed by atoms with van der Waals surface area (Å²) in [4.78, 5) is 14.8. The van der Waals surface area contributed by atoms with Crippen molar-refractivity contribution < 1.29 is 4.79 Å². The van der Waals surface area contributed by atoms with E-state index in [-0.39, 0.29) is 11.9 Å². The number of hydrogen-bond donors (Lipinski definition) is 1. The summed E-state index contributed by atoms with van der Waals surface area (Å²) in [6.45, 7) is 3.67. The molecule has 5 rings (SSSR count). The third kappa shape index (κ3) is 3.13. The number of pyridine rings is 1. The number of hydrogen-bond acceptors (Lipinski definition) is 4. The van der Waals surface area contributed by atoms with E-state index in [1.54, 1.807) is 0 Å². The van der Waals surface area contributed by atoms with E-state index in [1.807, 2.05) is 52.8 Å². The molecule has 2 aliphatic rings. The zero-order valence-electron chi connectivity index (χ0n) is 16.1. The summed E-state index contributed by atoms with van der Waals surface area (Å²) in [6, 6.07) is 13.9. The summed E-state index contributed by atoms with van der Waals surface area (Å²) in [5.74, 6) is 0.749. The van der Waals surface area contributed by atoms with Crippen LogP contribution in [0.2, 0.25) is 0 Å². The maximum atomic E-state index is 12.8. The first kappa shape index (κ1) is 17.2. The van der Waals surface area contributed by atoms with Crippen molar-refractivity contribution in [3.63, 3.8) is 0 Å². The second-order valence-electron chi connectivity index (χ2n) is 8.22. The smallest absolute Gasteiger partial charge is 0.244 e. The van der Waals surface area contributed by atoms with Gasteiger partial charge < -0.3 is 10.2 Å². The number of anilines is 1. The fourth-order valence-electron chi connectivity index (χ4n) is 4.21. The maximum absolute atomic E-state index is 12.8. The Morgan fingerprint density at radius 3 is 2.50 bits per heavy atom. The van der Waals surface area contributed by atoms with E-state index in [2.05, 4.69) is 27.6 Å². The maximum Gasteiger partial charge on any atom is 0.244 e. The van der Waals surface area contributed by atoms with Crippen molar-refractivity contribution in [2.24, 2.45) is 5.41 Å². The SMILES string of the molecule is C[C@H](Nc1nnc2cc(-c3ccccc3)ccn12)C(=O)N1CCC2(CC1)CC2. The van der Waals surface area contributed by atoms with Crippen molar-refractivity contribution >= 4 is 17.5 Å². The molecule has 0 unspecified atom stereocenters. The van der Waals surface area contributed by atoms with Gasteiger partial charge >= 0.3 is 0 Å². The van der Waals surface area contributed by atoms with Crippen molar-refractivity contribution in [2.75, 3.05) is 18.4 Å². The van der Waals surface area contributed by atoms with Crippen LogP contribution in [0.25, 0.3) is 16.8 Å². The van der Waals surface area contributed by atoms with Crippen LogP contribution in [0.3, 0.4) is 0 Å². The molecule has 1 saturated carbocycles. The number of benzene rings is 1. The normalized spacial score (nSPS) is 19.0. The van der Waals surface area contributed by atoms with Crippen molar-refractivity contribution in [2.45, 2.75) is 38.6 Å². The van der Waals surface area contributed by atoms with E-state index in [4.69, 9.17) is 0 Å². The van der Waals surface area contributed by atoms with Crippen LogP contribution in [0.15, 0.2) is 48.7 Å². The van der Waals surface area contributed by atoms with Crippen LogP contribution < -0.4 is 5.32 Å². The predicted molar refractivity (Wildman–Crippen MR) is 109 cm³/mol. The fraction of sp³-hybridized carbons (Fsp3) is 0.409. The van der Waals surface area contributed by atoms with Gasteiger partial charge in [-0.2, -0.15) is 0 Å². The van der Waals surface area contributed by atoms with Crippen LogP contribution in [0.1, 0.15) is 32.6 Å². The van der Waals surface area contributed by atoms with Gasteiger partial charge in [0.05, 0.1) is 0 Å². The van der Waals surface area contributed by atoms with Gasteiger partial charge in [-0.3, -0.25) is 9.20 Å². The zero-order valence-corrected chi connectivity index (χ0v) is 16.1. The molecule has 1 aromatic carbocycles. The standard InChI is InChI=1S/C22H25N5O/c1-16(20(28)26-13-10-22(8-9-22)11-14-26)23-21-25-24-19-15-18(7-12-27(19)21)17-5-3-2-4-6-17/h2-7,12,15-16H,8-11,13-14H2,1H3,(H,23,25)/t16-/m0/s1. The van der Waals surface area contributed by atoms with Crippen LogP contribution >= 0.6 is 0 Å². The Bertz CT molecular complexity index is 998. The highest BCUT2D eigenvalue weighted by Crippen LogP contribution is 2.53. The first-order valence-corrected chi connectivity index (χ1v) is 10.1. The van der Waals surface area contributed by atoms with E-state index < -0.39 is 0 Å². The van der Waals surface area contributed by atoms with Gasteiger partial charge in [0.2, 0.25) is 11.9 Å². The molecule has 0 radical (unpaired) electrons. The van der Waals surface area contributed by atoms with Gasteiger partial charge in [0, 0.05) is 19.3 Å². The Kier molecular flexibility index (Phi) is 4.07. The minimum atomic E-state index is -0.325. The molecular weight excluding hydrogens is 350 g/mol. The molecule has 6 heteroatoms. The minimum absolute atomic E-state index is 0.146. The molecule has 1 amide bonds. The summed E-state index contributed by atoms with van der Waals surface area (Å²) in [7, 11) is 0. The summed E-state index contributed by atoms with van der Waals surface area (Å²) in [6.07, 6.45) is 6.96. The fourth-order valence-corrected chi connectivity index (χ4v) is 4.21. The lowest BCUT2D eigenvalue weighted by Gasteiger charge is -2.33. The number of rotatable bonds is 4. The Labute approximate surface area is 164 Å². The molecule has 3 aromatic rings. The number of nitrogens with zero attached hydrogens (tertiary/aromatic N) is 4. The largest absolute Gasteiger partial charge is 0.342 e. The number of aromatic nitrogens is 3. The van der Waals surface area contributed by atoms with Gasteiger partial charge in [-0.05, 0) is 61.3 Å². The molecule has 1 atom stereocenters. The predicted octanol–water partition coefficient (Wildman–Crippen LogP) is 3.60. The number of amides is 1. The number of carbonyl (C=O) groups excluding carboxylic acids is 1. The first-order chi connectivity index (χ1) is 13.6. The molecule has 2 aromatic heterocycles. The second-order valence-corrected chi connectivity index (χ2v) is 8.22. The molecule has 6 nitrogen and oxygen atoms in total. The lowest BCUT2D eigenvalue weighted by atomic mass is 9.93. The first-order valence-electron chi connectivity index (χ1n) is 10.1. The van der Waals surface area contributed by atoms with Gasteiger partial charge in [0.1, 0.15) is 6.04 Å². The van der Waals surface area contributed by atoms with Crippen molar-refractivity contribution in [3.05, 3.63) is 48.7 Å². The van der Waals surface area contributed by atoms with Crippen molar-refractivity contribution in [3.8, 4) is 11.1 Å². The van der Waals surface area contributed by atoms with E-state index in [9.17, 15) is 4.79 Å². The summed E-state index contributed by atoms with van der Waals surface area (Å²) >= 11 is 0. The van der Waals surface area contributed by atoms with Gasteiger partial charge in [-0.25, -0.2) is 0 Å². The quantitative estimate of drug-likeness (QED) is 0.757. The third-order valence-electron chi connectivity index (χ3n) is 6.33. The summed E-state index contributed by atoms with van der Waals surface area (Å²) < 4.78 is 1.89. The average Bonchev–Trinajstić information content (AvgIpc) is 3.38. The van der Waals surface area contributed by atoms with Crippen LogP contribution in [0.5, 0.6) is 0 Å². The molecule has 1 aliphatic carbocycles. The lowest BCUT2D eigenvalue weighted by molar-refractivity contribution is -0.133. The molecule has 1 aliphatic heterocycles. The number of likely N-dealkylation sites (tertiary alicyclic amines) is 1. The van der Waals surface area contributed by atoms with Crippen LogP contribution in [0, 0.1) is 5.41 Å². The molecule has 1 N–H and O–H groups in total. The van der Waals surface area contributed by atoms with E-state index in [0.717, 1.165) is 42.7 Å². The highest BCUT2D eigenvalue weighted by atomic mass is 16.2. The highest BCUT2D eigenvalue weighted by Gasteiger charge is 2.45. The van der Waals surface area contributed by atoms with E-state index in [0.29, 0.717) is 11.4 Å². The van der Waals surface area contributed by atoms with Gasteiger partial charge in [0.25, 0.3) is 0 Å². The average molecular weight is 375 g/mol. The number of nitrogens with one attached hydrogen (secondary N) is 1. The van der Waals surface area contributed by atoms with Crippen LogP contribution in [0.4, 0.5) is 5.95 Å². The third-order valence-corrected chi connectivity index (χ3v) is 6.33. The number of piperidine rings is 1.